The summed E-state index contributed by atoms with van der Waals surface area (Å²) in [6, 6.07) is 0. The third kappa shape index (κ3) is 38.8. The molecule has 0 spiro atoms. The molecule has 0 aromatic heterocycles. The monoisotopic (exact) mass is 1110 g/mol. The lowest BCUT2D eigenvalue weighted by atomic mass is 9.88. The van der Waals surface area contributed by atoms with Crippen molar-refractivity contribution < 1.29 is 85.3 Å². The molecule has 0 saturated carbocycles. The maximum absolute atomic E-state index is 8.07. The number of hydrogen-bond donors (Lipinski definition) is 1. The molecule has 0 aliphatic heterocycles. The number of hydrogen-bond acceptors (Lipinski definition) is 19. The Hall–Kier alpha value is -2.83. The summed E-state index contributed by atoms with van der Waals surface area (Å²) < 4.78 is 103. The van der Waals surface area contributed by atoms with Crippen LogP contribution in [0.4, 0.5) is 0 Å². The summed E-state index contributed by atoms with van der Waals surface area (Å²) in [7, 11) is 0. The molecule has 0 radical (unpaired) electrons. The van der Waals surface area contributed by atoms with E-state index in [0.29, 0.717) is 236 Å². The predicted molar refractivity (Wildman–Crippen MR) is 298 cm³/mol. The zero-order valence-electron chi connectivity index (χ0n) is 47.9. The molecule has 3 unspecified atom stereocenters. The van der Waals surface area contributed by atoms with Crippen LogP contribution in [0.5, 0.6) is 0 Å². The second kappa shape index (κ2) is 51.1. The lowest BCUT2D eigenvalue weighted by Gasteiger charge is -2.32. The van der Waals surface area contributed by atoms with Gasteiger partial charge < -0.3 is 85.3 Å². The third-order valence-electron chi connectivity index (χ3n) is 13.0. The predicted octanol–water partition coefficient (Wildman–Crippen LogP) is 7.76. The van der Waals surface area contributed by atoms with Gasteiger partial charge >= 0.3 is 0 Å². The number of rotatable bonds is 57. The maximum atomic E-state index is 8.07. The summed E-state index contributed by atoms with van der Waals surface area (Å²) in [5, 5.41) is 8.07. The first kappa shape index (κ1) is 69.4. The van der Waals surface area contributed by atoms with E-state index < -0.39 is 0 Å². The van der Waals surface area contributed by atoms with Crippen LogP contribution in [-0.2, 0) is 85.3 Å². The molecule has 3 aliphatic carbocycles. The fourth-order valence-corrected chi connectivity index (χ4v) is 8.17. The normalized spacial score (nSPS) is 18.0. The van der Waals surface area contributed by atoms with Crippen LogP contribution in [0.3, 0.4) is 0 Å². The number of ether oxygens (including phenoxy) is 18. The molecule has 0 heterocycles. The van der Waals surface area contributed by atoms with Crippen LogP contribution >= 0.6 is 0 Å². The lowest BCUT2D eigenvalue weighted by molar-refractivity contribution is -0.0923. The van der Waals surface area contributed by atoms with Crippen LogP contribution in [0.1, 0.15) is 71.1 Å². The van der Waals surface area contributed by atoms with E-state index >= 15 is 0 Å². The molecular formula is C59H103NO18. The van der Waals surface area contributed by atoms with Gasteiger partial charge in [0, 0.05) is 23.2 Å². The molecule has 0 amide bonds. The van der Waals surface area contributed by atoms with Crippen LogP contribution in [0.25, 0.3) is 0 Å². The highest BCUT2D eigenvalue weighted by molar-refractivity contribution is 5.75. The van der Waals surface area contributed by atoms with Crippen molar-refractivity contribution in [2.24, 2.45) is 23.2 Å². The molecule has 452 valence electrons. The minimum atomic E-state index is -0.369. The van der Waals surface area contributed by atoms with E-state index in [1.807, 2.05) is 0 Å². The van der Waals surface area contributed by atoms with Crippen LogP contribution in [0.2, 0.25) is 0 Å². The molecule has 19 nitrogen and oxygen atoms in total. The molecule has 3 atom stereocenters. The van der Waals surface area contributed by atoms with Gasteiger partial charge in [0.2, 0.25) is 0 Å². The van der Waals surface area contributed by atoms with E-state index in [2.05, 4.69) is 56.5 Å². The van der Waals surface area contributed by atoms with Crippen LogP contribution in [-0.4, -0.2) is 224 Å². The molecule has 0 fully saturated rings. The summed E-state index contributed by atoms with van der Waals surface area (Å²) in [5.41, 5.74) is -0.369. The first-order valence-corrected chi connectivity index (χ1v) is 29.0. The first-order chi connectivity index (χ1) is 38.5. The molecule has 19 heteroatoms. The van der Waals surface area contributed by atoms with E-state index in [9.17, 15) is 0 Å². The Bertz CT molecular complexity index is 1350. The summed E-state index contributed by atoms with van der Waals surface area (Å²) in [6.45, 7) is 25.6. The van der Waals surface area contributed by atoms with Crippen molar-refractivity contribution in [1.29, 1.82) is 5.41 Å². The fraction of sp³-hybridized carbons (Fsp3) is 0.814. The Balaban J connectivity index is 1.16. The van der Waals surface area contributed by atoms with Crippen molar-refractivity contribution in [3.8, 4) is 0 Å². The quantitative estimate of drug-likeness (QED) is 0.0204. The first-order valence-electron chi connectivity index (χ1n) is 29.0. The molecule has 0 saturated heterocycles. The summed E-state index contributed by atoms with van der Waals surface area (Å²) in [5.74, 6) is 3.09. The highest BCUT2D eigenvalue weighted by Gasteiger charge is 2.30. The van der Waals surface area contributed by atoms with Crippen molar-refractivity contribution in [3.63, 3.8) is 0 Å². The van der Waals surface area contributed by atoms with E-state index in [4.69, 9.17) is 90.7 Å². The van der Waals surface area contributed by atoms with Crippen molar-refractivity contribution in [1.82, 2.24) is 0 Å². The maximum Gasteiger partial charge on any atom is 0.183 e. The van der Waals surface area contributed by atoms with Gasteiger partial charge in [-0.15, -0.1) is 0 Å². The zero-order valence-corrected chi connectivity index (χ0v) is 47.9. The Kier molecular flexibility index (Phi) is 45.5. The van der Waals surface area contributed by atoms with Crippen molar-refractivity contribution >= 4 is 5.90 Å². The van der Waals surface area contributed by atoms with Gasteiger partial charge in [-0.2, -0.15) is 0 Å². The SMILES string of the molecule is C=C(OCCOCCOCCOCCOCCOCC(CC)(COCCOCCOCCOCCOCCOC(=C)C1CC=CCC1)COCCOCCOCCOCCOCCOC(=N)C1CC=CCC1)C1CC=CCC1. The highest BCUT2D eigenvalue weighted by Crippen LogP contribution is 2.27. The van der Waals surface area contributed by atoms with Gasteiger partial charge in [-0.1, -0.05) is 56.5 Å². The van der Waals surface area contributed by atoms with Gasteiger partial charge in [-0.05, 0) is 64.2 Å². The van der Waals surface area contributed by atoms with Crippen molar-refractivity contribution in [2.45, 2.75) is 71.1 Å². The summed E-state index contributed by atoms with van der Waals surface area (Å²) in [4.78, 5) is 0. The zero-order chi connectivity index (χ0) is 55.3. The van der Waals surface area contributed by atoms with Gasteiger partial charge in [-0.25, -0.2) is 0 Å². The number of nitrogens with one attached hydrogen (secondary N) is 1. The van der Waals surface area contributed by atoms with Crippen LogP contribution < -0.4 is 0 Å². The lowest BCUT2D eigenvalue weighted by Crippen LogP contribution is -2.38. The molecule has 0 bridgehead atoms. The van der Waals surface area contributed by atoms with Gasteiger partial charge in [-0.3, -0.25) is 5.41 Å². The third-order valence-corrected chi connectivity index (χ3v) is 13.0. The smallest absolute Gasteiger partial charge is 0.183 e. The van der Waals surface area contributed by atoms with Gasteiger partial charge in [0.1, 0.15) is 19.8 Å². The highest BCUT2D eigenvalue weighted by atomic mass is 16.6. The van der Waals surface area contributed by atoms with E-state index in [0.717, 1.165) is 75.7 Å². The molecule has 3 rings (SSSR count). The standard InChI is InChI=1S/C59H103NO18/c1-4-59(50-73-41-38-67-29-26-61-20-23-64-32-35-70-44-47-76-53(2)55-14-8-5-9-15-55,51-74-42-39-68-30-27-62-21-24-65-33-36-71-45-48-77-54(3)56-16-10-6-11-17-56)52-75-43-40-69-31-28-63-22-25-66-34-37-72-46-49-78-58(60)57-18-12-7-13-19-57/h5-8,10,12,55-57,60H,2-4,9,11,13-52H2,1H3. The molecule has 1 N–H and O–H groups in total. The van der Waals surface area contributed by atoms with E-state index in [1.165, 1.54) is 0 Å². The molecule has 78 heavy (non-hydrogen) atoms. The minimum absolute atomic E-state index is 0.192. The Morgan fingerprint density at radius 3 is 0.808 bits per heavy atom. The van der Waals surface area contributed by atoms with Gasteiger partial charge in [0.15, 0.2) is 5.90 Å². The van der Waals surface area contributed by atoms with E-state index in [-0.39, 0.29) is 11.3 Å². The second-order valence-electron chi connectivity index (χ2n) is 19.1. The summed E-state index contributed by atoms with van der Waals surface area (Å²) >= 11 is 0. The average Bonchev–Trinajstić information content (AvgIpc) is 3.48. The van der Waals surface area contributed by atoms with Crippen LogP contribution in [0, 0.1) is 28.6 Å². The number of allylic oxidation sites excluding steroid dienone is 8. The van der Waals surface area contributed by atoms with E-state index in [1.54, 1.807) is 0 Å². The fourth-order valence-electron chi connectivity index (χ4n) is 8.17. The Labute approximate surface area is 468 Å². The Morgan fingerprint density at radius 2 is 0.564 bits per heavy atom. The largest absolute Gasteiger partial charge is 0.496 e. The molecule has 0 aromatic carbocycles. The van der Waals surface area contributed by atoms with Gasteiger partial charge in [0.25, 0.3) is 0 Å². The topological polar surface area (TPSA) is 190 Å². The molecule has 3 aliphatic rings. The van der Waals surface area contributed by atoms with Crippen molar-refractivity contribution in [2.75, 3.05) is 218 Å². The van der Waals surface area contributed by atoms with Crippen molar-refractivity contribution in [3.05, 3.63) is 61.1 Å². The van der Waals surface area contributed by atoms with Crippen LogP contribution in [0.15, 0.2) is 61.1 Å². The molecule has 0 aromatic rings. The van der Waals surface area contributed by atoms with Gasteiger partial charge in [0.05, 0.1) is 210 Å². The molecular weight excluding hydrogens is 1010 g/mol. The summed E-state index contributed by atoms with van der Waals surface area (Å²) in [6.07, 6.45) is 23.1. The Morgan fingerprint density at radius 1 is 0.333 bits per heavy atom. The average molecular weight is 1110 g/mol. The second-order valence-corrected chi connectivity index (χ2v) is 19.1. The minimum Gasteiger partial charge on any atom is -0.496 e.